The van der Waals surface area contributed by atoms with Crippen molar-refractivity contribution < 1.29 is 24.1 Å². The molecule has 2 aliphatic heterocycles. The van der Waals surface area contributed by atoms with Gasteiger partial charge in [-0.1, -0.05) is 26.2 Å². The van der Waals surface area contributed by atoms with Gasteiger partial charge in [-0.2, -0.15) is 0 Å². The lowest BCUT2D eigenvalue weighted by molar-refractivity contribution is -0.221. The summed E-state index contributed by atoms with van der Waals surface area (Å²) in [7, 11) is 0. The van der Waals surface area contributed by atoms with Crippen LogP contribution in [-0.4, -0.2) is 59.8 Å². The van der Waals surface area contributed by atoms with Crippen molar-refractivity contribution in [1.82, 2.24) is 5.32 Å². The SMILES string of the molecule is CCCCN[C@H]1[C@@H](O)[C@@H]2OC3(CCCCC3)O[C@@H]2[C@H]2OC3(CCCCC3)O[C@@H]12. The van der Waals surface area contributed by atoms with Crippen molar-refractivity contribution in [2.45, 2.75) is 132 Å². The first-order valence-electron chi connectivity index (χ1n) is 11.8. The normalized spacial score (nSPS) is 43.9. The lowest BCUT2D eigenvalue weighted by Gasteiger charge is -2.41. The minimum Gasteiger partial charge on any atom is -0.389 e. The van der Waals surface area contributed by atoms with E-state index in [1.54, 1.807) is 0 Å². The summed E-state index contributed by atoms with van der Waals surface area (Å²) in [5, 5.41) is 14.9. The fourth-order valence-corrected chi connectivity index (χ4v) is 6.10. The number of fused-ring (bicyclic) bond motifs is 3. The summed E-state index contributed by atoms with van der Waals surface area (Å²) in [6.07, 6.45) is 11.4. The molecule has 2 saturated heterocycles. The van der Waals surface area contributed by atoms with Crippen LogP contribution in [0.4, 0.5) is 0 Å². The summed E-state index contributed by atoms with van der Waals surface area (Å²) >= 11 is 0. The molecule has 5 rings (SSSR count). The maximum Gasteiger partial charge on any atom is 0.169 e. The highest BCUT2D eigenvalue weighted by Gasteiger charge is 2.65. The molecule has 5 aliphatic rings. The molecular weight excluding hydrogens is 358 g/mol. The van der Waals surface area contributed by atoms with E-state index in [1.165, 1.54) is 12.8 Å². The Morgan fingerprint density at radius 2 is 1.25 bits per heavy atom. The highest BCUT2D eigenvalue weighted by molar-refractivity contribution is 5.11. The fraction of sp³-hybridized carbons (Fsp3) is 1.00. The molecule has 0 aromatic heterocycles. The fourth-order valence-electron chi connectivity index (χ4n) is 6.10. The maximum absolute atomic E-state index is 11.3. The number of rotatable bonds is 4. The molecule has 6 heteroatoms. The van der Waals surface area contributed by atoms with E-state index in [9.17, 15) is 5.11 Å². The molecule has 5 fully saturated rings. The molecule has 0 radical (unpaired) electrons. The molecule has 2 heterocycles. The Bertz CT molecular complexity index is 545. The predicted octanol–water partition coefficient (Wildman–Crippen LogP) is 3.01. The van der Waals surface area contributed by atoms with Crippen LogP contribution in [0.1, 0.15) is 84.0 Å². The first-order chi connectivity index (χ1) is 13.7. The highest BCUT2D eigenvalue weighted by Crippen LogP contribution is 2.51. The number of hydrogen-bond acceptors (Lipinski definition) is 6. The van der Waals surface area contributed by atoms with Crippen molar-refractivity contribution in [1.29, 1.82) is 0 Å². The summed E-state index contributed by atoms with van der Waals surface area (Å²) < 4.78 is 26.3. The topological polar surface area (TPSA) is 69.2 Å². The Morgan fingerprint density at radius 1 is 0.750 bits per heavy atom. The first kappa shape index (κ1) is 19.7. The average molecular weight is 396 g/mol. The van der Waals surface area contributed by atoms with Crippen molar-refractivity contribution in [2.75, 3.05) is 6.54 Å². The minimum absolute atomic E-state index is 0.160. The second-order valence-corrected chi connectivity index (χ2v) is 9.60. The van der Waals surface area contributed by atoms with Gasteiger partial charge in [0.15, 0.2) is 11.6 Å². The van der Waals surface area contributed by atoms with Gasteiger partial charge >= 0.3 is 0 Å². The van der Waals surface area contributed by atoms with Crippen LogP contribution in [-0.2, 0) is 18.9 Å². The third-order valence-corrected chi connectivity index (χ3v) is 7.57. The molecule has 3 saturated carbocycles. The number of aliphatic hydroxyl groups is 1. The summed E-state index contributed by atoms with van der Waals surface area (Å²) in [6.45, 7) is 3.06. The minimum atomic E-state index is -0.633. The van der Waals surface area contributed by atoms with Crippen LogP contribution < -0.4 is 5.32 Å². The summed E-state index contributed by atoms with van der Waals surface area (Å²) in [5.74, 6) is -1.01. The Morgan fingerprint density at radius 3 is 1.82 bits per heavy atom. The Kier molecular flexibility index (Phi) is 5.48. The van der Waals surface area contributed by atoms with Gasteiger partial charge in [0, 0.05) is 25.7 Å². The maximum atomic E-state index is 11.3. The molecule has 6 atom stereocenters. The van der Waals surface area contributed by atoms with Crippen LogP contribution >= 0.6 is 0 Å². The van der Waals surface area contributed by atoms with Crippen molar-refractivity contribution in [3.05, 3.63) is 0 Å². The van der Waals surface area contributed by atoms with E-state index in [2.05, 4.69) is 12.2 Å². The second-order valence-electron chi connectivity index (χ2n) is 9.60. The number of unbranched alkanes of at least 4 members (excludes halogenated alkanes) is 1. The zero-order valence-corrected chi connectivity index (χ0v) is 17.2. The Balaban J connectivity index is 1.40. The molecule has 2 spiro atoms. The quantitative estimate of drug-likeness (QED) is 0.713. The van der Waals surface area contributed by atoms with Crippen LogP contribution in [0.25, 0.3) is 0 Å². The van der Waals surface area contributed by atoms with Gasteiger partial charge < -0.3 is 29.4 Å². The smallest absolute Gasteiger partial charge is 0.169 e. The number of hydrogen-bond donors (Lipinski definition) is 2. The lowest BCUT2D eigenvalue weighted by atomic mass is 9.83. The van der Waals surface area contributed by atoms with Crippen LogP contribution in [0, 0.1) is 0 Å². The number of nitrogens with one attached hydrogen (secondary N) is 1. The summed E-state index contributed by atoms with van der Waals surface area (Å²) in [6, 6.07) is -0.165. The predicted molar refractivity (Wildman–Crippen MR) is 104 cm³/mol. The second kappa shape index (κ2) is 7.78. The van der Waals surface area contributed by atoms with Gasteiger partial charge in [-0.25, -0.2) is 0 Å². The number of aliphatic hydroxyl groups excluding tert-OH is 1. The number of ether oxygens (including phenoxy) is 4. The van der Waals surface area contributed by atoms with Gasteiger partial charge in [-0.05, 0) is 38.6 Å². The van der Waals surface area contributed by atoms with Crippen molar-refractivity contribution in [2.24, 2.45) is 0 Å². The van der Waals surface area contributed by atoms with Crippen LogP contribution in [0.5, 0.6) is 0 Å². The largest absolute Gasteiger partial charge is 0.389 e. The van der Waals surface area contributed by atoms with Crippen LogP contribution in [0.3, 0.4) is 0 Å². The summed E-state index contributed by atoms with van der Waals surface area (Å²) in [5.41, 5.74) is 0. The third kappa shape index (κ3) is 3.34. The van der Waals surface area contributed by atoms with Gasteiger partial charge in [0.25, 0.3) is 0 Å². The van der Waals surface area contributed by atoms with E-state index in [0.29, 0.717) is 0 Å². The molecule has 28 heavy (non-hydrogen) atoms. The standard InChI is InChI=1S/C22H37NO5/c1-2-3-14-23-15-16(24)18-20(28-22(26-18)12-8-5-9-13-22)19-17(15)25-21(27-19)10-6-4-7-11-21/h15-20,23-24H,2-14H2,1H3/t15-,16+,17-,18-,19-,20-/m0/s1. The zero-order chi connectivity index (χ0) is 19.2. The monoisotopic (exact) mass is 395 g/mol. The molecule has 0 bridgehead atoms. The summed E-state index contributed by atoms with van der Waals surface area (Å²) in [4.78, 5) is 0. The van der Waals surface area contributed by atoms with Gasteiger partial charge in [0.2, 0.25) is 0 Å². The van der Waals surface area contributed by atoms with Crippen molar-refractivity contribution in [3.63, 3.8) is 0 Å². The molecule has 6 nitrogen and oxygen atoms in total. The Hall–Kier alpha value is -0.240. The highest BCUT2D eigenvalue weighted by atomic mass is 16.8. The molecule has 160 valence electrons. The van der Waals surface area contributed by atoms with Gasteiger partial charge in [-0.3, -0.25) is 0 Å². The van der Waals surface area contributed by atoms with Gasteiger partial charge in [-0.15, -0.1) is 0 Å². The molecule has 3 aliphatic carbocycles. The first-order valence-corrected chi connectivity index (χ1v) is 11.8. The third-order valence-electron chi connectivity index (χ3n) is 7.57. The van der Waals surface area contributed by atoms with Crippen molar-refractivity contribution >= 4 is 0 Å². The van der Waals surface area contributed by atoms with Gasteiger partial charge in [0.1, 0.15) is 30.5 Å². The van der Waals surface area contributed by atoms with E-state index in [-0.39, 0.29) is 30.5 Å². The lowest BCUT2D eigenvalue weighted by Crippen LogP contribution is -2.65. The van der Waals surface area contributed by atoms with E-state index < -0.39 is 17.7 Å². The van der Waals surface area contributed by atoms with E-state index in [4.69, 9.17) is 18.9 Å². The average Bonchev–Trinajstić information content (AvgIpc) is 3.25. The molecule has 0 aromatic rings. The molecule has 2 N–H and O–H groups in total. The van der Waals surface area contributed by atoms with E-state index in [1.807, 2.05) is 0 Å². The molecular formula is C22H37NO5. The zero-order valence-electron chi connectivity index (χ0n) is 17.2. The molecule has 0 aromatic carbocycles. The van der Waals surface area contributed by atoms with E-state index in [0.717, 1.165) is 70.8 Å². The molecule has 0 unspecified atom stereocenters. The van der Waals surface area contributed by atoms with Crippen LogP contribution in [0.2, 0.25) is 0 Å². The van der Waals surface area contributed by atoms with Crippen LogP contribution in [0.15, 0.2) is 0 Å². The van der Waals surface area contributed by atoms with Gasteiger partial charge in [0.05, 0.1) is 6.04 Å². The Labute approximate surface area is 168 Å². The molecule has 0 amide bonds. The van der Waals surface area contributed by atoms with Crippen molar-refractivity contribution in [3.8, 4) is 0 Å². The van der Waals surface area contributed by atoms with E-state index >= 15 is 0 Å².